The first-order valence-corrected chi connectivity index (χ1v) is 9.55. The van der Waals surface area contributed by atoms with Crippen molar-refractivity contribution in [3.8, 4) is 0 Å². The molecular formula is C19H23NO3S. The first-order valence-electron chi connectivity index (χ1n) is 8.07. The molecule has 0 radical (unpaired) electrons. The van der Waals surface area contributed by atoms with Crippen molar-refractivity contribution in [3.05, 3.63) is 59.2 Å². The summed E-state index contributed by atoms with van der Waals surface area (Å²) in [4.78, 5) is 11.4. The van der Waals surface area contributed by atoms with Gasteiger partial charge < -0.3 is 0 Å². The van der Waals surface area contributed by atoms with E-state index in [1.165, 1.54) is 36.8 Å². The molecule has 0 aliphatic heterocycles. The minimum Gasteiger partial charge on any atom is -0.295 e. The number of unbranched alkanes of at least 4 members (excludes halogenated alkanes) is 1. The van der Waals surface area contributed by atoms with Crippen LogP contribution in [0.1, 0.15) is 48.2 Å². The van der Waals surface area contributed by atoms with Gasteiger partial charge in [-0.1, -0.05) is 37.6 Å². The maximum absolute atomic E-state index is 12.5. The molecule has 4 nitrogen and oxygen atoms in total. The highest BCUT2D eigenvalue weighted by Crippen LogP contribution is 2.22. The van der Waals surface area contributed by atoms with Gasteiger partial charge in [-0.05, 0) is 56.0 Å². The molecule has 128 valence electrons. The zero-order valence-corrected chi connectivity index (χ0v) is 15.1. The number of hydrogen-bond donors (Lipinski definition) is 1. The fraction of sp³-hybridized carbons (Fsp3) is 0.316. The minimum absolute atomic E-state index is 0.0922. The lowest BCUT2D eigenvalue weighted by atomic mass is 10.1. The Morgan fingerprint density at radius 2 is 1.75 bits per heavy atom. The van der Waals surface area contributed by atoms with Crippen LogP contribution in [0.25, 0.3) is 0 Å². The molecule has 0 fully saturated rings. The van der Waals surface area contributed by atoms with Gasteiger partial charge in [-0.2, -0.15) is 0 Å². The Bertz CT molecular complexity index is 824. The quantitative estimate of drug-likeness (QED) is 0.759. The van der Waals surface area contributed by atoms with Gasteiger partial charge in [0.15, 0.2) is 5.78 Å². The molecule has 2 rings (SSSR count). The van der Waals surface area contributed by atoms with Gasteiger partial charge in [-0.15, -0.1) is 0 Å². The molecule has 0 saturated heterocycles. The first kappa shape index (κ1) is 18.2. The van der Waals surface area contributed by atoms with Gasteiger partial charge in [-0.25, -0.2) is 8.42 Å². The highest BCUT2D eigenvalue weighted by atomic mass is 32.2. The molecule has 0 heterocycles. The number of Topliss-reactive ketones (excluding diaryl/α,β-unsaturated/α-hetero) is 1. The molecule has 0 aliphatic rings. The van der Waals surface area contributed by atoms with Gasteiger partial charge in [0, 0.05) is 5.56 Å². The third-order valence-electron chi connectivity index (χ3n) is 3.93. The van der Waals surface area contributed by atoms with E-state index < -0.39 is 10.0 Å². The lowest BCUT2D eigenvalue weighted by Gasteiger charge is -2.12. The van der Waals surface area contributed by atoms with Crippen LogP contribution in [0.3, 0.4) is 0 Å². The maximum atomic E-state index is 12.5. The van der Waals surface area contributed by atoms with Crippen molar-refractivity contribution < 1.29 is 13.2 Å². The van der Waals surface area contributed by atoms with Crippen molar-refractivity contribution in [2.24, 2.45) is 0 Å². The normalized spacial score (nSPS) is 11.3. The van der Waals surface area contributed by atoms with E-state index in [2.05, 4.69) is 11.6 Å². The second kappa shape index (κ2) is 7.62. The van der Waals surface area contributed by atoms with E-state index >= 15 is 0 Å². The standard InChI is InChI=1S/C19H23NO3S/c1-4-5-6-16-7-12-19(14(2)13-16)20-24(22,23)18-10-8-17(9-11-18)15(3)21/h7-13,20H,4-6H2,1-3H3. The number of hydrogen-bond acceptors (Lipinski definition) is 3. The summed E-state index contributed by atoms with van der Waals surface area (Å²) in [6.45, 7) is 5.49. The summed E-state index contributed by atoms with van der Waals surface area (Å²) in [5, 5.41) is 0. The average molecular weight is 345 g/mol. The number of aryl methyl sites for hydroxylation is 2. The van der Waals surface area contributed by atoms with Crippen LogP contribution in [-0.2, 0) is 16.4 Å². The number of carbonyl (C=O) groups excluding carboxylic acids is 1. The van der Waals surface area contributed by atoms with E-state index in [0.717, 1.165) is 24.8 Å². The number of ketones is 1. The molecule has 0 aromatic heterocycles. The number of nitrogens with one attached hydrogen (secondary N) is 1. The number of anilines is 1. The van der Waals surface area contributed by atoms with E-state index in [-0.39, 0.29) is 10.7 Å². The maximum Gasteiger partial charge on any atom is 0.261 e. The van der Waals surface area contributed by atoms with Gasteiger partial charge in [0.1, 0.15) is 0 Å². The molecule has 2 aromatic carbocycles. The topological polar surface area (TPSA) is 63.2 Å². The highest BCUT2D eigenvalue weighted by Gasteiger charge is 2.15. The predicted octanol–water partition coefficient (Wildman–Crippen LogP) is 4.34. The summed E-state index contributed by atoms with van der Waals surface area (Å²) in [5.74, 6) is -0.0922. The van der Waals surface area contributed by atoms with Crippen molar-refractivity contribution in [3.63, 3.8) is 0 Å². The van der Waals surface area contributed by atoms with Crippen LogP contribution in [0.2, 0.25) is 0 Å². The molecule has 0 unspecified atom stereocenters. The van der Waals surface area contributed by atoms with Gasteiger partial charge in [0.2, 0.25) is 0 Å². The summed E-state index contributed by atoms with van der Waals surface area (Å²) in [6.07, 6.45) is 3.24. The number of rotatable bonds is 7. The van der Waals surface area contributed by atoms with Crippen molar-refractivity contribution >= 4 is 21.5 Å². The smallest absolute Gasteiger partial charge is 0.261 e. The molecule has 0 bridgehead atoms. The van der Waals surface area contributed by atoms with E-state index in [0.29, 0.717) is 11.3 Å². The third kappa shape index (κ3) is 4.45. The second-order valence-electron chi connectivity index (χ2n) is 5.94. The molecule has 0 amide bonds. The fourth-order valence-corrected chi connectivity index (χ4v) is 3.58. The Kier molecular flexibility index (Phi) is 5.78. The number of sulfonamides is 1. The molecular weight excluding hydrogens is 322 g/mol. The summed E-state index contributed by atoms with van der Waals surface area (Å²) in [7, 11) is -3.67. The second-order valence-corrected chi connectivity index (χ2v) is 7.62. The van der Waals surface area contributed by atoms with Gasteiger partial charge >= 0.3 is 0 Å². The summed E-state index contributed by atoms with van der Waals surface area (Å²) >= 11 is 0. The van der Waals surface area contributed by atoms with Gasteiger partial charge in [0.05, 0.1) is 10.6 Å². The van der Waals surface area contributed by atoms with Crippen LogP contribution >= 0.6 is 0 Å². The summed E-state index contributed by atoms with van der Waals surface area (Å²) < 4.78 is 27.6. The molecule has 0 spiro atoms. The first-order chi connectivity index (χ1) is 11.3. The Morgan fingerprint density at radius 3 is 2.29 bits per heavy atom. The van der Waals surface area contributed by atoms with Gasteiger partial charge in [-0.3, -0.25) is 9.52 Å². The predicted molar refractivity (Wildman–Crippen MR) is 97.0 cm³/mol. The van der Waals surface area contributed by atoms with Crippen LogP contribution in [0.4, 0.5) is 5.69 Å². The molecule has 0 atom stereocenters. The molecule has 24 heavy (non-hydrogen) atoms. The molecule has 0 aliphatic carbocycles. The summed E-state index contributed by atoms with van der Waals surface area (Å²) in [6, 6.07) is 11.7. The minimum atomic E-state index is -3.67. The monoisotopic (exact) mass is 345 g/mol. The lowest BCUT2D eigenvalue weighted by Crippen LogP contribution is -2.14. The highest BCUT2D eigenvalue weighted by molar-refractivity contribution is 7.92. The fourth-order valence-electron chi connectivity index (χ4n) is 2.45. The van der Waals surface area contributed by atoms with Crippen LogP contribution in [0.15, 0.2) is 47.4 Å². The molecule has 0 saturated carbocycles. The third-order valence-corrected chi connectivity index (χ3v) is 5.31. The molecule has 5 heteroatoms. The van der Waals surface area contributed by atoms with Crippen molar-refractivity contribution in [2.45, 2.75) is 44.9 Å². The van der Waals surface area contributed by atoms with Crippen LogP contribution in [0, 0.1) is 6.92 Å². The Hall–Kier alpha value is -2.14. The summed E-state index contributed by atoms with van der Waals surface area (Å²) in [5.41, 5.74) is 3.17. The van der Waals surface area contributed by atoms with E-state index in [4.69, 9.17) is 0 Å². The van der Waals surface area contributed by atoms with E-state index in [1.807, 2.05) is 25.1 Å². The average Bonchev–Trinajstić information content (AvgIpc) is 2.55. The SMILES string of the molecule is CCCCc1ccc(NS(=O)(=O)c2ccc(C(C)=O)cc2)c(C)c1. The van der Waals surface area contributed by atoms with Crippen molar-refractivity contribution in [1.29, 1.82) is 0 Å². The number of benzene rings is 2. The largest absolute Gasteiger partial charge is 0.295 e. The van der Waals surface area contributed by atoms with E-state index in [9.17, 15) is 13.2 Å². The Balaban J connectivity index is 2.21. The van der Waals surface area contributed by atoms with Crippen molar-refractivity contribution in [1.82, 2.24) is 0 Å². The zero-order chi connectivity index (χ0) is 17.7. The zero-order valence-electron chi connectivity index (χ0n) is 14.3. The lowest BCUT2D eigenvalue weighted by molar-refractivity contribution is 0.101. The Morgan fingerprint density at radius 1 is 1.08 bits per heavy atom. The van der Waals surface area contributed by atoms with E-state index in [1.54, 1.807) is 0 Å². The molecule has 2 aromatic rings. The van der Waals surface area contributed by atoms with Crippen LogP contribution < -0.4 is 4.72 Å². The number of carbonyl (C=O) groups is 1. The van der Waals surface area contributed by atoms with Crippen LogP contribution in [-0.4, -0.2) is 14.2 Å². The molecule has 1 N–H and O–H groups in total. The van der Waals surface area contributed by atoms with Crippen molar-refractivity contribution in [2.75, 3.05) is 4.72 Å². The Labute approximate surface area is 144 Å². The van der Waals surface area contributed by atoms with Crippen LogP contribution in [0.5, 0.6) is 0 Å². The van der Waals surface area contributed by atoms with Gasteiger partial charge in [0.25, 0.3) is 10.0 Å².